The molecule has 0 amide bonds. The summed E-state index contributed by atoms with van der Waals surface area (Å²) in [6.07, 6.45) is 29.2. The first kappa shape index (κ1) is 24.6. The van der Waals surface area contributed by atoms with E-state index in [2.05, 4.69) is 99.3 Å². The average molecular weight is 562 g/mol. The van der Waals surface area contributed by atoms with E-state index in [1.54, 1.807) is 13.4 Å². The van der Waals surface area contributed by atoms with Gasteiger partial charge in [-0.15, -0.1) is 0 Å². The molecule has 3 fully saturated rings. The Morgan fingerprint density at radius 2 is 1.20 bits per heavy atom. The zero-order chi connectivity index (χ0) is 24.0. The number of unbranched alkanes of at least 4 members (excludes halogenated alkanes) is 2. The molecule has 1 saturated heterocycles. The van der Waals surface area contributed by atoms with Crippen molar-refractivity contribution >= 4 is 13.3 Å². The topological polar surface area (TPSA) is 0 Å². The third kappa shape index (κ3) is 3.74. The van der Waals surface area contributed by atoms with Crippen LogP contribution in [-0.2, 0) is 20.3 Å². The van der Waals surface area contributed by atoms with E-state index in [1.165, 1.54) is 38.5 Å². The van der Waals surface area contributed by atoms with Gasteiger partial charge in [0, 0.05) is 0 Å². The molecular formula is C33H46SiZr. The van der Waals surface area contributed by atoms with E-state index in [4.69, 9.17) is 0 Å². The van der Waals surface area contributed by atoms with Crippen molar-refractivity contribution in [1.29, 1.82) is 0 Å². The summed E-state index contributed by atoms with van der Waals surface area (Å²) in [7, 11) is -1.70. The second-order valence-corrected chi connectivity index (χ2v) is 29.3. The predicted molar refractivity (Wildman–Crippen MR) is 152 cm³/mol. The molecular weight excluding hydrogens is 516 g/mol. The number of rotatable bonds is 7. The van der Waals surface area contributed by atoms with E-state index in [1.807, 2.05) is 0 Å². The molecule has 2 saturated carbocycles. The Labute approximate surface area is 220 Å². The van der Waals surface area contributed by atoms with Gasteiger partial charge in [0.05, 0.1) is 0 Å². The van der Waals surface area contributed by atoms with Gasteiger partial charge in [-0.2, -0.15) is 0 Å². The summed E-state index contributed by atoms with van der Waals surface area (Å²) in [5.41, 5.74) is 2.01. The summed E-state index contributed by atoms with van der Waals surface area (Å²) >= 11 is -2.62. The van der Waals surface area contributed by atoms with Gasteiger partial charge in [0.2, 0.25) is 0 Å². The van der Waals surface area contributed by atoms with Crippen LogP contribution in [0.5, 0.6) is 0 Å². The molecule has 186 valence electrons. The number of benzene rings is 1. The van der Waals surface area contributed by atoms with Crippen LogP contribution in [0.2, 0.25) is 33.1 Å². The molecule has 0 N–H and O–H groups in total. The fourth-order valence-corrected chi connectivity index (χ4v) is 45.2. The van der Waals surface area contributed by atoms with Crippen molar-refractivity contribution in [2.24, 2.45) is 23.7 Å². The van der Waals surface area contributed by atoms with E-state index >= 15 is 0 Å². The summed E-state index contributed by atoms with van der Waals surface area (Å²) < 4.78 is 5.50. The first-order valence-electron chi connectivity index (χ1n) is 14.9. The van der Waals surface area contributed by atoms with Crippen LogP contribution >= 0.6 is 0 Å². The zero-order valence-electron chi connectivity index (χ0n) is 22.3. The van der Waals surface area contributed by atoms with Crippen LogP contribution in [-0.4, -0.2) is 8.07 Å². The van der Waals surface area contributed by atoms with Gasteiger partial charge in [-0.05, 0) is 0 Å². The van der Waals surface area contributed by atoms with E-state index < -0.39 is 28.3 Å². The Morgan fingerprint density at radius 3 is 1.69 bits per heavy atom. The second kappa shape index (κ2) is 9.87. The fourth-order valence-electron chi connectivity index (χ4n) is 10.3. The van der Waals surface area contributed by atoms with Crippen molar-refractivity contribution < 1.29 is 20.3 Å². The molecule has 0 nitrogen and oxygen atoms in total. The van der Waals surface area contributed by atoms with Crippen LogP contribution in [0.25, 0.3) is 0 Å². The molecule has 1 aliphatic heterocycles. The summed E-state index contributed by atoms with van der Waals surface area (Å²) in [5, 5.41) is 1.80. The second-order valence-electron chi connectivity index (χ2n) is 12.8. The number of hydrogen-bond acceptors (Lipinski definition) is 0. The van der Waals surface area contributed by atoms with Gasteiger partial charge >= 0.3 is 222 Å². The first-order chi connectivity index (χ1) is 17.1. The zero-order valence-corrected chi connectivity index (χ0v) is 25.7. The maximum atomic E-state index is 2.89. The van der Waals surface area contributed by atoms with Gasteiger partial charge in [-0.25, -0.2) is 0 Å². The predicted octanol–water partition coefficient (Wildman–Crippen LogP) is 9.42. The maximum absolute atomic E-state index is 2.89. The molecule has 0 bridgehead atoms. The van der Waals surface area contributed by atoms with Gasteiger partial charge in [0.25, 0.3) is 0 Å². The molecule has 0 radical (unpaired) electrons. The number of fused-ring (bicyclic) bond motifs is 6. The van der Waals surface area contributed by atoms with E-state index in [-0.39, 0.29) is 0 Å². The normalized spacial score (nSPS) is 41.9. The van der Waals surface area contributed by atoms with E-state index in [0.29, 0.717) is 0 Å². The van der Waals surface area contributed by atoms with Crippen LogP contribution < -0.4 is 5.19 Å². The van der Waals surface area contributed by atoms with Crippen LogP contribution in [0, 0.1) is 23.7 Å². The molecule has 35 heavy (non-hydrogen) atoms. The molecule has 1 aromatic rings. The van der Waals surface area contributed by atoms with Crippen LogP contribution in [0.3, 0.4) is 0 Å². The Balaban J connectivity index is 1.58. The molecule has 0 spiro atoms. The van der Waals surface area contributed by atoms with Gasteiger partial charge in [-0.3, -0.25) is 0 Å². The summed E-state index contributed by atoms with van der Waals surface area (Å²) in [6, 6.07) is 12.1. The van der Waals surface area contributed by atoms with Crippen molar-refractivity contribution in [3.63, 3.8) is 0 Å². The quantitative estimate of drug-likeness (QED) is 0.291. The van der Waals surface area contributed by atoms with Gasteiger partial charge in [0.1, 0.15) is 0 Å². The molecule has 1 heterocycles. The van der Waals surface area contributed by atoms with Crippen molar-refractivity contribution in [3.8, 4) is 0 Å². The van der Waals surface area contributed by atoms with Gasteiger partial charge in [0.15, 0.2) is 0 Å². The number of hydrogen-bond donors (Lipinski definition) is 0. The average Bonchev–Trinajstić information content (AvgIpc) is 3.50. The third-order valence-electron chi connectivity index (χ3n) is 11.6. The molecule has 1 aromatic carbocycles. The fraction of sp³-hybridized carbons (Fsp3) is 0.576. The van der Waals surface area contributed by atoms with Gasteiger partial charge in [-0.1, -0.05) is 0 Å². The monoisotopic (exact) mass is 560 g/mol. The minimum absolute atomic E-state index is 0.821. The Hall–Kier alpha value is -0.720. The molecule has 5 aliphatic rings. The Bertz CT molecular complexity index is 959. The van der Waals surface area contributed by atoms with Crippen molar-refractivity contribution in [1.82, 2.24) is 0 Å². The van der Waals surface area contributed by atoms with E-state index in [9.17, 15) is 0 Å². The van der Waals surface area contributed by atoms with Crippen LogP contribution in [0.15, 0.2) is 78.9 Å². The number of allylic oxidation sites excluding steroid dienone is 8. The Morgan fingerprint density at radius 1 is 0.714 bits per heavy atom. The summed E-state index contributed by atoms with van der Waals surface area (Å²) in [4.78, 5) is 0. The van der Waals surface area contributed by atoms with Crippen molar-refractivity contribution in [3.05, 3.63) is 78.9 Å². The molecule has 2 heteroatoms. The van der Waals surface area contributed by atoms with Crippen molar-refractivity contribution in [2.45, 2.75) is 85.5 Å². The molecule has 4 aliphatic carbocycles. The van der Waals surface area contributed by atoms with Crippen molar-refractivity contribution in [2.75, 3.05) is 0 Å². The van der Waals surface area contributed by atoms with E-state index in [0.717, 1.165) is 42.0 Å². The molecule has 8 atom stereocenters. The third-order valence-corrected chi connectivity index (χ3v) is 35.8. The standard InChI is InChI=1S/C25H28Si.2C4H9.Zr/c1-26(23-13-3-2-4-14-23,24-15-19-9-5-6-10-20(19)16-24)25-17-21-11-7-8-12-22(21)18-25;2*1-3-4-2;/h2-15,17,19-22,24-25H,16,18H2,1H3;2*1,3-4H2,2H3;. The van der Waals surface area contributed by atoms with Gasteiger partial charge < -0.3 is 0 Å². The first-order valence-corrected chi connectivity index (χ1v) is 23.9. The Kier molecular flexibility index (Phi) is 6.94. The summed E-state index contributed by atoms with van der Waals surface area (Å²) in [5.74, 6) is 3.35. The summed E-state index contributed by atoms with van der Waals surface area (Å²) in [6.45, 7) is 7.81. The molecule has 0 aromatic heterocycles. The SMILES string of the molecule is CCC[CH2][Zr]1([CH2]CCC)[CH]2C3C=CC=CC3CC2[Si](C)(c2ccccc2)C2CC3C=CC=CC3[CH]21. The minimum atomic E-state index is -2.62. The molecule has 6 rings (SSSR count). The molecule has 8 unspecified atom stereocenters. The van der Waals surface area contributed by atoms with Crippen LogP contribution in [0.4, 0.5) is 0 Å². The van der Waals surface area contributed by atoms with Crippen LogP contribution in [0.1, 0.15) is 52.4 Å².